The molecule has 1 N–H and O–H groups in total. The SMILES string of the molecule is CCN1CCN(C2CCN([C@]3(CC=O)C[C@H](N4CCc5ccccc5NC4=O)CCN3C(=O)OCc3ccc(Cl)c(Cl)c3)CC2)CC1. The van der Waals surface area contributed by atoms with Gasteiger partial charge in [-0.15, -0.1) is 0 Å². The van der Waals surface area contributed by atoms with Crippen molar-refractivity contribution in [2.75, 3.05) is 64.2 Å². The number of carbonyl (C=O) groups excluding carboxylic acids is 3. The number of benzene rings is 2. The zero-order valence-electron chi connectivity index (χ0n) is 27.2. The number of amides is 3. The molecule has 10 nitrogen and oxygen atoms in total. The molecule has 4 aliphatic heterocycles. The summed E-state index contributed by atoms with van der Waals surface area (Å²) in [7, 11) is 0. The van der Waals surface area contributed by atoms with Gasteiger partial charge in [-0.1, -0.05) is 54.4 Å². The molecule has 0 radical (unpaired) electrons. The van der Waals surface area contributed by atoms with Gasteiger partial charge >= 0.3 is 12.1 Å². The molecule has 3 amide bonds. The number of urea groups is 1. The molecule has 2 aromatic carbocycles. The van der Waals surface area contributed by atoms with Crippen molar-refractivity contribution in [2.24, 2.45) is 0 Å². The molecule has 12 heteroatoms. The van der Waals surface area contributed by atoms with Crippen LogP contribution in [0, 0.1) is 0 Å². The summed E-state index contributed by atoms with van der Waals surface area (Å²) in [5, 5.41) is 3.94. The fraction of sp³-hybridized carbons (Fsp3) is 0.571. The van der Waals surface area contributed by atoms with E-state index >= 15 is 0 Å². The summed E-state index contributed by atoms with van der Waals surface area (Å²) >= 11 is 12.3. The molecule has 3 saturated heterocycles. The smallest absolute Gasteiger partial charge is 0.411 e. The molecule has 3 fully saturated rings. The van der Waals surface area contributed by atoms with E-state index in [0.717, 1.165) is 88.2 Å². The van der Waals surface area contributed by atoms with Gasteiger partial charge in [0.25, 0.3) is 0 Å². The molecule has 0 spiro atoms. The molecule has 2 aromatic rings. The molecule has 2 atom stereocenters. The predicted octanol–water partition coefficient (Wildman–Crippen LogP) is 5.57. The van der Waals surface area contributed by atoms with Crippen molar-refractivity contribution in [2.45, 2.75) is 69.8 Å². The third-order valence-electron chi connectivity index (χ3n) is 10.7. The zero-order valence-corrected chi connectivity index (χ0v) is 28.7. The van der Waals surface area contributed by atoms with Gasteiger partial charge in [0.15, 0.2) is 0 Å². The minimum Gasteiger partial charge on any atom is -0.444 e. The van der Waals surface area contributed by atoms with Gasteiger partial charge in [0.05, 0.1) is 10.0 Å². The van der Waals surface area contributed by atoms with Gasteiger partial charge in [0, 0.05) is 83.0 Å². The number of ether oxygens (including phenoxy) is 1. The highest BCUT2D eigenvalue weighted by atomic mass is 35.5. The van der Waals surface area contributed by atoms with E-state index in [1.807, 2.05) is 23.1 Å². The van der Waals surface area contributed by atoms with Crippen LogP contribution in [0.3, 0.4) is 0 Å². The van der Waals surface area contributed by atoms with Crippen LogP contribution in [-0.4, -0.2) is 120 Å². The molecule has 6 rings (SSSR count). The number of carbonyl (C=O) groups is 3. The second-order valence-corrected chi connectivity index (χ2v) is 14.0. The molecular formula is C35H46Cl2N6O4. The van der Waals surface area contributed by atoms with Crippen LogP contribution in [-0.2, 0) is 22.6 Å². The molecule has 0 aliphatic carbocycles. The van der Waals surface area contributed by atoms with Crippen molar-refractivity contribution >= 4 is 47.3 Å². The zero-order chi connectivity index (χ0) is 33.0. The Kier molecular flexibility index (Phi) is 10.9. The van der Waals surface area contributed by atoms with Crippen molar-refractivity contribution < 1.29 is 19.1 Å². The summed E-state index contributed by atoms with van der Waals surface area (Å²) in [6.07, 6.45) is 4.31. The normalized spacial score (nSPS) is 25.2. The number of para-hydroxylation sites is 1. The Balaban J connectivity index is 1.22. The van der Waals surface area contributed by atoms with E-state index in [9.17, 15) is 14.4 Å². The number of hydrogen-bond acceptors (Lipinski definition) is 7. The summed E-state index contributed by atoms with van der Waals surface area (Å²) in [6, 6.07) is 13.3. The molecule has 0 unspecified atom stereocenters. The van der Waals surface area contributed by atoms with Crippen LogP contribution in [0.5, 0.6) is 0 Å². The highest BCUT2D eigenvalue weighted by Gasteiger charge is 2.52. The van der Waals surface area contributed by atoms with Gasteiger partial charge in [0.1, 0.15) is 18.6 Å². The van der Waals surface area contributed by atoms with Gasteiger partial charge in [-0.2, -0.15) is 0 Å². The number of anilines is 1. The van der Waals surface area contributed by atoms with Crippen molar-refractivity contribution in [3.63, 3.8) is 0 Å². The Morgan fingerprint density at radius 3 is 2.43 bits per heavy atom. The van der Waals surface area contributed by atoms with Crippen LogP contribution in [0.15, 0.2) is 42.5 Å². The van der Waals surface area contributed by atoms with Crippen molar-refractivity contribution in [3.8, 4) is 0 Å². The second-order valence-electron chi connectivity index (χ2n) is 13.2. The number of nitrogens with one attached hydrogen (secondary N) is 1. The summed E-state index contributed by atoms with van der Waals surface area (Å²) in [6.45, 7) is 10.1. The lowest BCUT2D eigenvalue weighted by Gasteiger charge is -2.57. The topological polar surface area (TPSA) is 88.7 Å². The third kappa shape index (κ3) is 7.42. The minimum absolute atomic E-state index is 0.0332. The van der Waals surface area contributed by atoms with E-state index in [1.165, 1.54) is 0 Å². The number of likely N-dealkylation sites (tertiary alicyclic amines) is 2. The van der Waals surface area contributed by atoms with Crippen LogP contribution in [0.25, 0.3) is 0 Å². The number of piperidine rings is 2. The van der Waals surface area contributed by atoms with Gasteiger partial charge < -0.3 is 24.6 Å². The number of fused-ring (bicyclic) bond motifs is 1. The van der Waals surface area contributed by atoms with Crippen LogP contribution >= 0.6 is 23.2 Å². The van der Waals surface area contributed by atoms with Crippen LogP contribution in [0.1, 0.15) is 50.2 Å². The lowest BCUT2D eigenvalue weighted by Crippen LogP contribution is -2.70. The van der Waals surface area contributed by atoms with Crippen molar-refractivity contribution in [3.05, 3.63) is 63.6 Å². The van der Waals surface area contributed by atoms with E-state index in [0.29, 0.717) is 42.0 Å². The Labute approximate surface area is 287 Å². The lowest BCUT2D eigenvalue weighted by molar-refractivity contribution is -0.128. The first-order chi connectivity index (χ1) is 22.8. The molecule has 47 heavy (non-hydrogen) atoms. The van der Waals surface area contributed by atoms with Gasteiger partial charge in [-0.3, -0.25) is 14.7 Å². The second kappa shape index (κ2) is 15.1. The average Bonchev–Trinajstić information content (AvgIpc) is 3.27. The van der Waals surface area contributed by atoms with Crippen LogP contribution in [0.4, 0.5) is 15.3 Å². The Bertz CT molecular complexity index is 1430. The lowest BCUT2D eigenvalue weighted by atomic mass is 9.84. The first-order valence-electron chi connectivity index (χ1n) is 17.0. The highest BCUT2D eigenvalue weighted by molar-refractivity contribution is 6.42. The summed E-state index contributed by atoms with van der Waals surface area (Å²) in [4.78, 5) is 51.2. The Morgan fingerprint density at radius 2 is 1.70 bits per heavy atom. The van der Waals surface area contributed by atoms with E-state index < -0.39 is 11.8 Å². The number of hydrogen-bond donors (Lipinski definition) is 1. The maximum Gasteiger partial charge on any atom is 0.411 e. The highest BCUT2D eigenvalue weighted by Crippen LogP contribution is 2.40. The van der Waals surface area contributed by atoms with E-state index in [4.69, 9.17) is 27.9 Å². The maximum atomic E-state index is 14.0. The fourth-order valence-electron chi connectivity index (χ4n) is 8.04. The van der Waals surface area contributed by atoms with Crippen molar-refractivity contribution in [1.82, 2.24) is 24.5 Å². The molecule has 4 heterocycles. The summed E-state index contributed by atoms with van der Waals surface area (Å²) in [5.74, 6) is 0. The fourth-order valence-corrected chi connectivity index (χ4v) is 8.36. The Hall–Kier alpha value is -2.89. The standard InChI is InChI=1S/C35H46Cl2N6O4/c1-2-39-18-20-40(21-19-39)28-10-14-41(15-11-28)35(13-22-44)24-29(42-16-9-27-5-3-4-6-32(27)38-33(42)45)12-17-43(35)34(46)47-25-26-7-8-30(36)31(37)23-26/h3-8,22-23,28-29H,2,9-21,24-25H2,1H3,(H,38,45)/t29-,35+/m1/s1. The van der Waals surface area contributed by atoms with Crippen LogP contribution in [0.2, 0.25) is 10.0 Å². The monoisotopic (exact) mass is 684 g/mol. The molecule has 4 aliphatic rings. The molecule has 0 saturated carbocycles. The predicted molar refractivity (Wildman–Crippen MR) is 184 cm³/mol. The van der Waals surface area contributed by atoms with Gasteiger partial charge in [-0.25, -0.2) is 9.59 Å². The minimum atomic E-state index is -0.912. The summed E-state index contributed by atoms with van der Waals surface area (Å²) < 4.78 is 5.89. The van der Waals surface area contributed by atoms with E-state index in [1.54, 1.807) is 23.1 Å². The summed E-state index contributed by atoms with van der Waals surface area (Å²) in [5.41, 5.74) is 1.76. The number of rotatable bonds is 8. The number of piperazine rings is 1. The first kappa shape index (κ1) is 34.0. The molecule has 0 bridgehead atoms. The molecular weight excluding hydrogens is 639 g/mol. The largest absolute Gasteiger partial charge is 0.444 e. The molecule has 0 aromatic heterocycles. The van der Waals surface area contributed by atoms with E-state index in [2.05, 4.69) is 33.0 Å². The number of aldehydes is 1. The maximum absolute atomic E-state index is 14.0. The number of halogens is 2. The van der Waals surface area contributed by atoms with Gasteiger partial charge in [0.2, 0.25) is 0 Å². The first-order valence-corrected chi connectivity index (χ1v) is 17.8. The third-order valence-corrected chi connectivity index (χ3v) is 11.5. The van der Waals surface area contributed by atoms with Gasteiger partial charge in [-0.05, 0) is 61.6 Å². The number of likely N-dealkylation sites (N-methyl/N-ethyl adjacent to an activating group) is 1. The van der Waals surface area contributed by atoms with Crippen LogP contribution < -0.4 is 5.32 Å². The number of nitrogens with zero attached hydrogens (tertiary/aromatic N) is 5. The average molecular weight is 686 g/mol. The van der Waals surface area contributed by atoms with E-state index in [-0.39, 0.29) is 25.1 Å². The van der Waals surface area contributed by atoms with Crippen molar-refractivity contribution in [1.29, 1.82) is 0 Å². The molecule has 254 valence electrons. The quantitative estimate of drug-likeness (QED) is 0.364. The Morgan fingerprint density at radius 1 is 0.957 bits per heavy atom.